The lowest BCUT2D eigenvalue weighted by molar-refractivity contribution is -0.149. The average Bonchev–Trinajstić information content (AvgIpc) is 2.60. The first kappa shape index (κ1) is 20.0. The number of likely N-dealkylation sites (tertiary alicyclic amines) is 2. The fraction of sp³-hybridized carbons (Fsp3) is 0.850. The number of hydrogen-bond acceptors (Lipinski definition) is 3. The molecule has 3 amide bonds. The monoisotopic (exact) mass is 379 g/mol. The van der Waals surface area contributed by atoms with Crippen molar-refractivity contribution in [2.45, 2.75) is 58.4 Å². The van der Waals surface area contributed by atoms with Gasteiger partial charge in [0.05, 0.1) is 6.04 Å². The number of primary amides is 1. The van der Waals surface area contributed by atoms with Crippen LogP contribution >= 0.6 is 0 Å². The summed E-state index contributed by atoms with van der Waals surface area (Å²) < 4.78 is 0. The summed E-state index contributed by atoms with van der Waals surface area (Å²) in [6.45, 7) is 5.82. The molecule has 0 aromatic carbocycles. The highest BCUT2D eigenvalue weighted by atomic mass is 16.4. The average molecular weight is 380 g/mol. The minimum atomic E-state index is -1.08. The Hall–Kier alpha value is -1.79. The summed E-state index contributed by atoms with van der Waals surface area (Å²) in [6.07, 6.45) is 4.88. The second-order valence-corrected chi connectivity index (χ2v) is 9.03. The summed E-state index contributed by atoms with van der Waals surface area (Å²) in [4.78, 5) is 40.8. The number of carboxylic acid groups (broad SMARTS) is 1. The molecule has 6 unspecified atom stereocenters. The summed E-state index contributed by atoms with van der Waals surface area (Å²) in [7, 11) is 0. The molecule has 1 saturated carbocycles. The van der Waals surface area contributed by atoms with E-state index in [1.165, 1.54) is 4.90 Å². The standard InChI is InChI=1S/C20H33N3O4/c1-12-9-13(2)11-22(10-12)19(25)16(18(21)24)17-15-6-4-3-5-14(15)7-8-23(17)20(26)27/h12-17H,3-11H2,1-2H3,(H2,21,24)(H,26,27). The molecule has 0 radical (unpaired) electrons. The number of piperidine rings is 2. The molecule has 2 heterocycles. The first-order chi connectivity index (χ1) is 12.8. The highest BCUT2D eigenvalue weighted by Crippen LogP contribution is 2.43. The molecule has 3 fully saturated rings. The normalized spacial score (nSPS) is 35.3. The van der Waals surface area contributed by atoms with Gasteiger partial charge in [0.25, 0.3) is 0 Å². The lowest BCUT2D eigenvalue weighted by Crippen LogP contribution is -2.62. The van der Waals surface area contributed by atoms with E-state index >= 15 is 0 Å². The second-order valence-electron chi connectivity index (χ2n) is 9.03. The van der Waals surface area contributed by atoms with E-state index in [1.807, 2.05) is 0 Å². The van der Waals surface area contributed by atoms with Crippen LogP contribution in [0.5, 0.6) is 0 Å². The lowest BCUT2D eigenvalue weighted by Gasteiger charge is -2.49. The predicted molar refractivity (Wildman–Crippen MR) is 101 cm³/mol. The predicted octanol–water partition coefficient (Wildman–Crippen LogP) is 2.15. The zero-order chi connectivity index (χ0) is 19.7. The quantitative estimate of drug-likeness (QED) is 0.733. The molecule has 7 heteroatoms. The van der Waals surface area contributed by atoms with Crippen LogP contribution in [-0.2, 0) is 9.59 Å². The number of carbonyl (C=O) groups is 3. The molecule has 7 nitrogen and oxygen atoms in total. The molecule has 0 aromatic heterocycles. The molecule has 0 bridgehead atoms. The minimum Gasteiger partial charge on any atom is -0.465 e. The maximum atomic E-state index is 13.4. The minimum absolute atomic E-state index is 0.0460. The van der Waals surface area contributed by atoms with E-state index in [2.05, 4.69) is 13.8 Å². The van der Waals surface area contributed by atoms with E-state index in [0.717, 1.165) is 38.5 Å². The lowest BCUT2D eigenvalue weighted by atomic mass is 9.67. The molecule has 3 aliphatic rings. The van der Waals surface area contributed by atoms with Crippen molar-refractivity contribution in [1.82, 2.24) is 9.80 Å². The van der Waals surface area contributed by atoms with Gasteiger partial charge in [0.1, 0.15) is 5.92 Å². The van der Waals surface area contributed by atoms with Crippen molar-refractivity contribution < 1.29 is 19.5 Å². The third kappa shape index (κ3) is 4.06. The number of carbonyl (C=O) groups excluding carboxylic acids is 2. The molecule has 2 aliphatic heterocycles. The molecule has 1 aliphatic carbocycles. The fourth-order valence-corrected chi connectivity index (χ4v) is 5.86. The number of rotatable bonds is 3. The Kier molecular flexibility index (Phi) is 5.96. The zero-order valence-corrected chi connectivity index (χ0v) is 16.5. The highest BCUT2D eigenvalue weighted by Gasteiger charge is 2.50. The van der Waals surface area contributed by atoms with E-state index in [9.17, 15) is 19.5 Å². The van der Waals surface area contributed by atoms with Gasteiger partial charge in [-0.15, -0.1) is 0 Å². The van der Waals surface area contributed by atoms with Gasteiger partial charge in [-0.1, -0.05) is 33.1 Å². The Bertz CT molecular complexity index is 586. The van der Waals surface area contributed by atoms with Crippen LogP contribution in [0.2, 0.25) is 0 Å². The first-order valence-electron chi connectivity index (χ1n) is 10.4. The molecule has 27 heavy (non-hydrogen) atoms. The van der Waals surface area contributed by atoms with Crippen molar-refractivity contribution in [3.63, 3.8) is 0 Å². The highest BCUT2D eigenvalue weighted by molar-refractivity contribution is 6.00. The summed E-state index contributed by atoms with van der Waals surface area (Å²) in [5, 5.41) is 9.75. The van der Waals surface area contributed by atoms with Gasteiger partial charge < -0.3 is 20.6 Å². The number of nitrogens with zero attached hydrogens (tertiary/aromatic N) is 2. The van der Waals surface area contributed by atoms with Crippen LogP contribution < -0.4 is 5.73 Å². The van der Waals surface area contributed by atoms with Crippen molar-refractivity contribution in [3.05, 3.63) is 0 Å². The van der Waals surface area contributed by atoms with Crippen molar-refractivity contribution >= 4 is 17.9 Å². The number of amides is 3. The number of nitrogens with two attached hydrogens (primary N) is 1. The van der Waals surface area contributed by atoms with Gasteiger partial charge in [-0.05, 0) is 42.9 Å². The Balaban J connectivity index is 1.91. The van der Waals surface area contributed by atoms with Gasteiger partial charge in [-0.2, -0.15) is 0 Å². The summed E-state index contributed by atoms with van der Waals surface area (Å²) >= 11 is 0. The van der Waals surface area contributed by atoms with Crippen molar-refractivity contribution in [1.29, 1.82) is 0 Å². The third-order valence-corrected chi connectivity index (χ3v) is 6.85. The van der Waals surface area contributed by atoms with Crippen LogP contribution in [0.3, 0.4) is 0 Å². The summed E-state index contributed by atoms with van der Waals surface area (Å²) in [5.74, 6) is -0.870. The van der Waals surface area contributed by atoms with E-state index in [0.29, 0.717) is 37.4 Å². The Morgan fingerprint density at radius 2 is 1.67 bits per heavy atom. The Morgan fingerprint density at radius 1 is 1.04 bits per heavy atom. The largest absolute Gasteiger partial charge is 0.465 e. The summed E-state index contributed by atoms with van der Waals surface area (Å²) in [5.41, 5.74) is 5.72. The maximum Gasteiger partial charge on any atom is 0.407 e. The molecular weight excluding hydrogens is 346 g/mol. The van der Waals surface area contributed by atoms with Gasteiger partial charge in [-0.3, -0.25) is 9.59 Å². The van der Waals surface area contributed by atoms with Gasteiger partial charge in [0.2, 0.25) is 11.8 Å². The summed E-state index contributed by atoms with van der Waals surface area (Å²) in [6, 6.07) is -0.626. The number of fused-ring (bicyclic) bond motifs is 1. The zero-order valence-electron chi connectivity index (χ0n) is 16.5. The fourth-order valence-electron chi connectivity index (χ4n) is 5.86. The van der Waals surface area contributed by atoms with E-state index in [4.69, 9.17) is 5.73 Å². The van der Waals surface area contributed by atoms with Crippen molar-refractivity contribution in [3.8, 4) is 0 Å². The molecule has 6 atom stereocenters. The van der Waals surface area contributed by atoms with Gasteiger partial charge in [0, 0.05) is 19.6 Å². The molecule has 3 rings (SSSR count). The molecule has 0 spiro atoms. The number of hydrogen-bond donors (Lipinski definition) is 2. The molecule has 0 aromatic rings. The molecule has 3 N–H and O–H groups in total. The molecular formula is C20H33N3O4. The van der Waals surface area contributed by atoms with Crippen LogP contribution in [-0.4, -0.2) is 58.5 Å². The van der Waals surface area contributed by atoms with Gasteiger partial charge in [0.15, 0.2) is 0 Å². The Labute approximate surface area is 161 Å². The van der Waals surface area contributed by atoms with Crippen LogP contribution in [0.4, 0.5) is 4.79 Å². The van der Waals surface area contributed by atoms with E-state index in [-0.39, 0.29) is 11.8 Å². The van der Waals surface area contributed by atoms with Crippen LogP contribution in [0.25, 0.3) is 0 Å². The van der Waals surface area contributed by atoms with Crippen molar-refractivity contribution in [2.75, 3.05) is 19.6 Å². The Morgan fingerprint density at radius 3 is 2.26 bits per heavy atom. The molecule has 152 valence electrons. The van der Waals surface area contributed by atoms with E-state index < -0.39 is 24.0 Å². The topological polar surface area (TPSA) is 104 Å². The van der Waals surface area contributed by atoms with Crippen LogP contribution in [0.15, 0.2) is 0 Å². The maximum absolute atomic E-state index is 13.4. The van der Waals surface area contributed by atoms with E-state index in [1.54, 1.807) is 4.90 Å². The SMILES string of the molecule is CC1CC(C)CN(C(=O)C(C(N)=O)C2C3CCCCC3CCN2C(=O)O)C1. The van der Waals surface area contributed by atoms with Gasteiger partial charge >= 0.3 is 6.09 Å². The van der Waals surface area contributed by atoms with Crippen molar-refractivity contribution in [2.24, 2.45) is 35.3 Å². The van der Waals surface area contributed by atoms with Crippen LogP contribution in [0, 0.1) is 29.6 Å². The van der Waals surface area contributed by atoms with Crippen LogP contribution in [0.1, 0.15) is 52.4 Å². The first-order valence-corrected chi connectivity index (χ1v) is 10.4. The van der Waals surface area contributed by atoms with Gasteiger partial charge in [-0.25, -0.2) is 4.79 Å². The smallest absolute Gasteiger partial charge is 0.407 e. The second kappa shape index (κ2) is 8.07. The third-order valence-electron chi connectivity index (χ3n) is 6.85. The molecule has 2 saturated heterocycles.